The van der Waals surface area contributed by atoms with Crippen LogP contribution in [0.4, 0.5) is 0 Å². The van der Waals surface area contributed by atoms with E-state index in [1.165, 1.54) is 12.1 Å². The van der Waals surface area contributed by atoms with E-state index in [2.05, 4.69) is 0 Å². The van der Waals surface area contributed by atoms with Crippen molar-refractivity contribution in [1.82, 2.24) is 4.31 Å². The van der Waals surface area contributed by atoms with E-state index in [9.17, 15) is 23.4 Å². The Morgan fingerprint density at radius 1 is 1.00 bits per heavy atom. The van der Waals surface area contributed by atoms with Crippen molar-refractivity contribution in [3.8, 4) is 0 Å². The first-order chi connectivity index (χ1) is 16.7. The average Bonchev–Trinajstić information content (AvgIpc) is 2.81. The van der Waals surface area contributed by atoms with Crippen LogP contribution >= 0.6 is 0 Å². The molecule has 1 aliphatic heterocycles. The molecule has 10 heteroatoms. The van der Waals surface area contributed by atoms with Gasteiger partial charge in [0.25, 0.3) is 15.9 Å². The van der Waals surface area contributed by atoms with Gasteiger partial charge in [0.1, 0.15) is 12.2 Å². The number of benzene rings is 2. The van der Waals surface area contributed by atoms with E-state index in [0.717, 1.165) is 11.1 Å². The molecule has 1 heterocycles. The Labute approximate surface area is 215 Å². The highest BCUT2D eigenvalue weighted by molar-refractivity contribution is 7.89. The Morgan fingerprint density at radius 3 is 2.14 bits per heavy atom. The highest BCUT2D eigenvalue weighted by Crippen LogP contribution is 2.38. The number of aliphatic hydroxyl groups excluding tert-OH is 2. The first kappa shape index (κ1) is 28.5. The number of hydrogen-bond acceptors (Lipinski definition) is 7. The van der Waals surface area contributed by atoms with Crippen LogP contribution in [0.2, 0.25) is 18.1 Å². The first-order valence-corrected chi connectivity index (χ1v) is 16.3. The van der Waals surface area contributed by atoms with Gasteiger partial charge >= 0.3 is 0 Å². The van der Waals surface area contributed by atoms with Crippen LogP contribution in [0.1, 0.15) is 31.9 Å². The van der Waals surface area contributed by atoms with Crippen molar-refractivity contribution in [2.75, 3.05) is 6.61 Å². The number of aryl methyl sites for hydroxylation is 1. The molecule has 3 rings (SSSR count). The molecule has 1 amide bonds. The second-order valence-electron chi connectivity index (χ2n) is 10.8. The summed E-state index contributed by atoms with van der Waals surface area (Å²) < 4.78 is 40.4. The lowest BCUT2D eigenvalue weighted by Crippen LogP contribution is -2.67. The summed E-state index contributed by atoms with van der Waals surface area (Å²) >= 11 is 0. The fourth-order valence-corrected chi connectivity index (χ4v) is 6.36. The topological polar surface area (TPSA) is 113 Å². The van der Waals surface area contributed by atoms with Crippen molar-refractivity contribution in [1.29, 1.82) is 0 Å². The van der Waals surface area contributed by atoms with Crippen molar-refractivity contribution < 1.29 is 32.6 Å². The number of ether oxygens (including phenoxy) is 1. The summed E-state index contributed by atoms with van der Waals surface area (Å²) in [6.45, 7) is 11.9. The lowest BCUT2D eigenvalue weighted by atomic mass is 9.95. The Balaban J connectivity index is 2.04. The Bertz CT molecular complexity index is 1150. The van der Waals surface area contributed by atoms with E-state index >= 15 is 0 Å². The van der Waals surface area contributed by atoms with Crippen LogP contribution in [-0.4, -0.2) is 68.1 Å². The quantitative estimate of drug-likeness (QED) is 0.499. The molecular formula is C26H37NO7SSi. The summed E-state index contributed by atoms with van der Waals surface area (Å²) in [6, 6.07) is 14.1. The van der Waals surface area contributed by atoms with Crippen LogP contribution in [0.3, 0.4) is 0 Å². The summed E-state index contributed by atoms with van der Waals surface area (Å²) in [5.74, 6) is -1.11. The van der Waals surface area contributed by atoms with Crippen LogP contribution in [-0.2, 0) is 30.6 Å². The van der Waals surface area contributed by atoms with E-state index < -0.39 is 48.6 Å². The van der Waals surface area contributed by atoms with Gasteiger partial charge < -0.3 is 19.4 Å². The van der Waals surface area contributed by atoms with Gasteiger partial charge in [0, 0.05) is 0 Å². The first-order valence-electron chi connectivity index (χ1n) is 12.0. The van der Waals surface area contributed by atoms with Crippen molar-refractivity contribution >= 4 is 24.2 Å². The molecular weight excluding hydrogens is 498 g/mol. The zero-order valence-corrected chi connectivity index (χ0v) is 23.5. The maximum atomic E-state index is 13.7. The normalized spacial score (nSPS) is 23.7. The van der Waals surface area contributed by atoms with E-state index in [0.29, 0.717) is 4.31 Å². The van der Waals surface area contributed by atoms with Gasteiger partial charge in [-0.15, -0.1) is 0 Å². The van der Waals surface area contributed by atoms with Crippen LogP contribution in [0.15, 0.2) is 59.5 Å². The molecule has 0 unspecified atom stereocenters. The molecule has 4 atom stereocenters. The summed E-state index contributed by atoms with van der Waals surface area (Å²) in [6.07, 6.45) is -4.79. The minimum absolute atomic E-state index is 0.0541. The molecule has 2 aromatic carbocycles. The molecule has 1 fully saturated rings. The zero-order valence-electron chi connectivity index (χ0n) is 21.7. The second kappa shape index (κ2) is 10.7. The van der Waals surface area contributed by atoms with Crippen LogP contribution in [0, 0.1) is 6.92 Å². The molecule has 0 radical (unpaired) electrons. The van der Waals surface area contributed by atoms with Crippen molar-refractivity contribution in [3.05, 3.63) is 65.7 Å². The molecule has 1 saturated heterocycles. The smallest absolute Gasteiger partial charge is 0.268 e. The number of carbonyl (C=O) groups is 1. The Kier molecular flexibility index (Phi) is 8.49. The largest absolute Gasteiger partial charge is 0.415 e. The van der Waals surface area contributed by atoms with Gasteiger partial charge in [-0.2, -0.15) is 0 Å². The predicted molar refractivity (Wildman–Crippen MR) is 139 cm³/mol. The fraction of sp³-hybridized carbons (Fsp3) is 0.500. The van der Waals surface area contributed by atoms with Crippen molar-refractivity contribution in [2.45, 2.75) is 81.7 Å². The monoisotopic (exact) mass is 535 g/mol. The van der Waals surface area contributed by atoms with Crippen molar-refractivity contribution in [2.24, 2.45) is 0 Å². The zero-order chi connectivity index (χ0) is 26.9. The number of sulfonamides is 1. The van der Waals surface area contributed by atoms with Gasteiger partial charge in [-0.1, -0.05) is 68.8 Å². The summed E-state index contributed by atoms with van der Waals surface area (Å²) in [7, 11) is -6.76. The highest BCUT2D eigenvalue weighted by Gasteiger charge is 2.53. The van der Waals surface area contributed by atoms with E-state index in [-0.39, 0.29) is 23.1 Å². The molecule has 0 bridgehead atoms. The van der Waals surface area contributed by atoms with E-state index in [1.54, 1.807) is 12.1 Å². The summed E-state index contributed by atoms with van der Waals surface area (Å²) in [4.78, 5) is 13.1. The predicted octanol–water partition coefficient (Wildman–Crippen LogP) is 3.22. The molecule has 36 heavy (non-hydrogen) atoms. The number of piperidine rings is 1. The molecule has 1 aliphatic rings. The van der Waals surface area contributed by atoms with E-state index in [1.807, 2.05) is 71.1 Å². The number of carbonyl (C=O) groups excluding carboxylic acids is 1. The number of aliphatic hydroxyl groups is 2. The molecule has 0 aromatic heterocycles. The van der Waals surface area contributed by atoms with Crippen LogP contribution in [0.25, 0.3) is 0 Å². The maximum absolute atomic E-state index is 13.7. The van der Waals surface area contributed by atoms with E-state index in [4.69, 9.17) is 9.16 Å². The fourth-order valence-electron chi connectivity index (χ4n) is 3.75. The highest BCUT2D eigenvalue weighted by atomic mass is 32.2. The number of hydrogen-bond donors (Lipinski definition) is 2. The van der Waals surface area contributed by atoms with Crippen molar-refractivity contribution in [3.63, 3.8) is 0 Å². The Morgan fingerprint density at radius 2 is 1.58 bits per heavy atom. The minimum atomic E-state index is -4.38. The molecule has 8 nitrogen and oxygen atoms in total. The maximum Gasteiger partial charge on any atom is 0.268 e. The lowest BCUT2D eigenvalue weighted by molar-refractivity contribution is -0.177. The third-order valence-electron chi connectivity index (χ3n) is 7.09. The van der Waals surface area contributed by atoms with Gasteiger partial charge in [0.15, 0.2) is 14.4 Å². The van der Waals surface area contributed by atoms with Gasteiger partial charge in [-0.25, -0.2) is 12.7 Å². The van der Waals surface area contributed by atoms with Gasteiger partial charge in [0.05, 0.1) is 24.2 Å². The van der Waals surface area contributed by atoms with Gasteiger partial charge in [0.2, 0.25) is 0 Å². The molecule has 2 N–H and O–H groups in total. The molecule has 0 spiro atoms. The summed E-state index contributed by atoms with van der Waals surface area (Å²) in [5, 5.41) is 21.3. The molecule has 0 saturated carbocycles. The Hall–Kier alpha value is -2.08. The van der Waals surface area contributed by atoms with Crippen LogP contribution < -0.4 is 0 Å². The third kappa shape index (κ3) is 5.90. The molecule has 0 aliphatic carbocycles. The summed E-state index contributed by atoms with van der Waals surface area (Å²) in [5.41, 5.74) is 1.66. The van der Waals surface area contributed by atoms with Crippen LogP contribution in [0.5, 0.6) is 0 Å². The standard InChI is InChI=1S/C26H37NO7SSi/c1-18-12-14-20(15-13-18)35(31,32)27-21(17-34-36(5,6)26(2,3)4)24(22(28)23(29)25(27)30)33-16-19-10-8-7-9-11-19/h7-15,21-24,28-29H,16-17H2,1-6H3/t21-,22+,23-,24+/m0/s1. The second-order valence-corrected chi connectivity index (χ2v) is 17.4. The minimum Gasteiger partial charge on any atom is -0.415 e. The SMILES string of the molecule is Cc1ccc(S(=O)(=O)N2C(=O)[C@@H](O)[C@@H](O)[C@H](OCc3ccccc3)[C@@H]2CO[Si](C)(C)C(C)(C)C)cc1. The number of amides is 1. The van der Waals surface area contributed by atoms with Gasteiger partial charge in [-0.05, 0) is 42.8 Å². The number of rotatable bonds is 8. The lowest BCUT2D eigenvalue weighted by Gasteiger charge is -2.46. The third-order valence-corrected chi connectivity index (χ3v) is 13.4. The number of nitrogens with zero attached hydrogens (tertiary/aromatic N) is 1. The molecule has 2 aromatic rings. The molecule has 198 valence electrons. The average molecular weight is 536 g/mol. The van der Waals surface area contributed by atoms with Gasteiger partial charge in [-0.3, -0.25) is 4.79 Å².